The molecule has 1 aliphatic heterocycles. The minimum Gasteiger partial charge on any atom is -0.626 e. The first kappa shape index (κ1) is 6.34. The molecule has 0 unspecified atom stereocenters. The van der Waals surface area contributed by atoms with Crippen LogP contribution in [0.2, 0.25) is 0 Å². The van der Waals surface area contributed by atoms with Crippen molar-refractivity contribution in [1.82, 2.24) is 0 Å². The van der Waals surface area contributed by atoms with Gasteiger partial charge in [0, 0.05) is 6.79 Å². The van der Waals surface area contributed by atoms with Gasteiger partial charge in [0.1, 0.15) is 0 Å². The van der Waals surface area contributed by atoms with Crippen LogP contribution < -0.4 is 29.6 Å². The molecule has 1 heterocycles. The van der Waals surface area contributed by atoms with Crippen LogP contribution in [-0.2, 0) is 9.47 Å². The molecule has 0 aromatic heterocycles. The average molecular weight is 94.0 g/mol. The van der Waals surface area contributed by atoms with E-state index in [0.717, 1.165) is 0 Å². The van der Waals surface area contributed by atoms with Gasteiger partial charge in [-0.1, -0.05) is 0 Å². The maximum absolute atomic E-state index is 4.42. The Bertz CT molecular complexity index is 46.8. The van der Waals surface area contributed by atoms with E-state index in [0.29, 0.717) is 0 Å². The van der Waals surface area contributed by atoms with Crippen LogP contribution in [0.25, 0.3) is 0 Å². The first-order chi connectivity index (χ1) is 2.50. The largest absolute Gasteiger partial charge is 1.00 e. The van der Waals surface area contributed by atoms with Gasteiger partial charge in [0.25, 0.3) is 0 Å². The molecule has 0 spiro atoms. The summed E-state index contributed by atoms with van der Waals surface area (Å²) in [5.41, 5.74) is 0. The Balaban J connectivity index is 0.000000250. The molecule has 0 saturated carbocycles. The molecule has 6 heavy (non-hydrogen) atoms. The third-order valence-corrected chi connectivity index (χ3v) is 0.324. The summed E-state index contributed by atoms with van der Waals surface area (Å²) in [5.74, 6) is 0. The van der Waals surface area contributed by atoms with Gasteiger partial charge < -0.3 is 9.47 Å². The van der Waals surface area contributed by atoms with E-state index in [4.69, 9.17) is 0 Å². The molecular weight excluding hydrogens is 91.0 g/mol. The van der Waals surface area contributed by atoms with Gasteiger partial charge in [-0.05, 0) is 0 Å². The third-order valence-electron chi connectivity index (χ3n) is 0.324. The molecule has 0 bridgehead atoms. The first-order valence-corrected chi connectivity index (χ1v) is 1.28. The van der Waals surface area contributed by atoms with Crippen molar-refractivity contribution in [3.05, 3.63) is 19.3 Å². The fourth-order valence-electron chi connectivity index (χ4n) is 0.160. The fraction of sp³-hybridized carbons (Fsp3) is 0. The van der Waals surface area contributed by atoms with Crippen LogP contribution in [0, 0.1) is 6.79 Å². The Morgan fingerprint density at radius 2 is 1.67 bits per heavy atom. The van der Waals surface area contributed by atoms with Crippen LogP contribution in [0.4, 0.5) is 0 Å². The molecule has 0 N–H and O–H groups in total. The molecule has 1 aliphatic rings. The molecule has 0 fully saturated rings. The van der Waals surface area contributed by atoms with Gasteiger partial charge in [-0.2, -0.15) is 0 Å². The van der Waals surface area contributed by atoms with Crippen LogP contribution in [0.3, 0.4) is 0 Å². The number of hydrogen-bond acceptors (Lipinski definition) is 2. The molecule has 0 radical (unpaired) electrons. The van der Waals surface area contributed by atoms with E-state index in [2.05, 4.69) is 9.47 Å². The molecular formula is C3H3NaO2. The van der Waals surface area contributed by atoms with Crippen molar-refractivity contribution >= 4 is 0 Å². The maximum atomic E-state index is 4.42. The topological polar surface area (TPSA) is 18.5 Å². The van der Waals surface area contributed by atoms with Gasteiger partial charge in [-0.3, -0.25) is 0 Å². The second kappa shape index (κ2) is 3.53. The molecule has 0 amide bonds. The molecule has 0 atom stereocenters. The van der Waals surface area contributed by atoms with Crippen LogP contribution in [0.5, 0.6) is 0 Å². The third kappa shape index (κ3) is 1.70. The molecule has 3 heteroatoms. The van der Waals surface area contributed by atoms with Crippen LogP contribution in [0.1, 0.15) is 0 Å². The van der Waals surface area contributed by atoms with E-state index in [1.165, 1.54) is 19.3 Å². The number of ether oxygens (including phenoxy) is 2. The van der Waals surface area contributed by atoms with E-state index >= 15 is 0 Å². The number of rotatable bonds is 0. The zero-order chi connectivity index (χ0) is 3.54. The van der Waals surface area contributed by atoms with Crippen LogP contribution in [0.15, 0.2) is 12.5 Å². The Hall–Kier alpha value is 0.340. The Morgan fingerprint density at radius 1 is 1.17 bits per heavy atom. The molecule has 1 rings (SSSR count). The van der Waals surface area contributed by atoms with Crippen molar-refractivity contribution in [3.63, 3.8) is 0 Å². The van der Waals surface area contributed by atoms with Crippen molar-refractivity contribution in [2.24, 2.45) is 0 Å². The normalized spacial score (nSPS) is 14.7. The Labute approximate surface area is 58.4 Å². The van der Waals surface area contributed by atoms with Crippen molar-refractivity contribution < 1.29 is 39.0 Å². The second-order valence-electron chi connectivity index (χ2n) is 0.641. The molecule has 2 nitrogen and oxygen atoms in total. The predicted octanol–water partition coefficient (Wildman–Crippen LogP) is -2.37. The van der Waals surface area contributed by atoms with Gasteiger partial charge in [0.2, 0.25) is 0 Å². The summed E-state index contributed by atoms with van der Waals surface area (Å²) >= 11 is 0. The van der Waals surface area contributed by atoms with Crippen LogP contribution in [-0.4, -0.2) is 0 Å². The molecule has 0 aliphatic carbocycles. The zero-order valence-corrected chi connectivity index (χ0v) is 5.55. The monoisotopic (exact) mass is 94.0 g/mol. The summed E-state index contributed by atoms with van der Waals surface area (Å²) in [4.78, 5) is 0. The van der Waals surface area contributed by atoms with Crippen molar-refractivity contribution in [2.75, 3.05) is 0 Å². The fourth-order valence-corrected chi connectivity index (χ4v) is 0.160. The standard InChI is InChI=1S/C3H3O2.Na/c1-2-5-3-4-1;/h1-3H;/q-1;+1. The summed E-state index contributed by atoms with van der Waals surface area (Å²) in [7, 11) is 0. The Kier molecular flexibility index (Phi) is 3.73. The Morgan fingerprint density at radius 3 is 1.83 bits per heavy atom. The average Bonchev–Trinajstić information content (AvgIpc) is 1.76. The van der Waals surface area contributed by atoms with E-state index in [1.807, 2.05) is 0 Å². The second-order valence-corrected chi connectivity index (χ2v) is 0.641. The van der Waals surface area contributed by atoms with E-state index < -0.39 is 0 Å². The van der Waals surface area contributed by atoms with E-state index in [1.54, 1.807) is 0 Å². The zero-order valence-electron chi connectivity index (χ0n) is 3.55. The number of hydrogen-bond donors (Lipinski definition) is 0. The minimum atomic E-state index is 0. The van der Waals surface area contributed by atoms with Gasteiger partial charge in [0.05, 0.1) is 12.5 Å². The van der Waals surface area contributed by atoms with Crippen molar-refractivity contribution in [1.29, 1.82) is 0 Å². The summed E-state index contributed by atoms with van der Waals surface area (Å²) in [6.07, 6.45) is 2.92. The molecule has 0 aromatic carbocycles. The van der Waals surface area contributed by atoms with Gasteiger partial charge >= 0.3 is 29.6 Å². The van der Waals surface area contributed by atoms with Crippen molar-refractivity contribution in [3.8, 4) is 0 Å². The minimum absolute atomic E-state index is 0. The molecule has 0 saturated heterocycles. The summed E-state index contributed by atoms with van der Waals surface area (Å²) < 4.78 is 8.83. The quantitative estimate of drug-likeness (QED) is 0.247. The van der Waals surface area contributed by atoms with Gasteiger partial charge in [-0.25, -0.2) is 0 Å². The first-order valence-electron chi connectivity index (χ1n) is 1.28. The summed E-state index contributed by atoms with van der Waals surface area (Å²) in [6.45, 7) is 1.25. The predicted molar refractivity (Wildman–Crippen MR) is 15.6 cm³/mol. The van der Waals surface area contributed by atoms with E-state index in [-0.39, 0.29) is 29.6 Å². The summed E-state index contributed by atoms with van der Waals surface area (Å²) in [6, 6.07) is 0. The van der Waals surface area contributed by atoms with Gasteiger partial charge in [-0.15, -0.1) is 0 Å². The van der Waals surface area contributed by atoms with Gasteiger partial charge in [0.15, 0.2) is 0 Å². The van der Waals surface area contributed by atoms with Crippen molar-refractivity contribution in [2.45, 2.75) is 0 Å². The van der Waals surface area contributed by atoms with Crippen LogP contribution >= 0.6 is 0 Å². The SMILES string of the molecule is C1=CO[CH-]O1.[Na+]. The maximum Gasteiger partial charge on any atom is 1.00 e. The molecule has 0 aromatic rings. The summed E-state index contributed by atoms with van der Waals surface area (Å²) in [5, 5.41) is 0. The molecule has 28 valence electrons. The van der Waals surface area contributed by atoms with E-state index in [9.17, 15) is 0 Å². The smallest absolute Gasteiger partial charge is 0.626 e.